The van der Waals surface area contributed by atoms with E-state index in [0.29, 0.717) is 23.8 Å². The van der Waals surface area contributed by atoms with Crippen LogP contribution < -0.4 is 5.32 Å². The van der Waals surface area contributed by atoms with Gasteiger partial charge in [0.05, 0.1) is 0 Å². The van der Waals surface area contributed by atoms with Crippen molar-refractivity contribution in [2.75, 3.05) is 13.1 Å². The third-order valence-corrected chi connectivity index (χ3v) is 4.16. The molecule has 1 aliphatic rings. The average Bonchev–Trinajstić information content (AvgIpc) is 2.83. The van der Waals surface area contributed by atoms with Crippen molar-refractivity contribution < 1.29 is 8.78 Å². The monoisotopic (exact) mass is 267 g/mol. The highest BCUT2D eigenvalue weighted by Gasteiger charge is 2.27. The predicted molar refractivity (Wildman–Crippen MR) is 74.1 cm³/mol. The van der Waals surface area contributed by atoms with Crippen molar-refractivity contribution >= 4 is 0 Å². The molecule has 19 heavy (non-hydrogen) atoms. The van der Waals surface area contributed by atoms with E-state index in [1.165, 1.54) is 18.9 Å². The molecular weight excluding hydrogens is 244 g/mol. The number of rotatable bonds is 6. The molecule has 0 bridgehead atoms. The van der Waals surface area contributed by atoms with Gasteiger partial charge in [-0.3, -0.25) is 0 Å². The molecule has 1 N–H and O–H groups in total. The highest BCUT2D eigenvalue weighted by atomic mass is 19.2. The second-order valence-electron chi connectivity index (χ2n) is 5.57. The smallest absolute Gasteiger partial charge is 0.162 e. The second kappa shape index (κ2) is 6.99. The lowest BCUT2D eigenvalue weighted by Gasteiger charge is -2.20. The minimum absolute atomic E-state index is 0.487. The van der Waals surface area contributed by atoms with E-state index in [9.17, 15) is 8.78 Å². The molecule has 2 rings (SSSR count). The SMILES string of the molecule is CCCNCC1CCCC1Cc1cccc(F)c1F. The number of halogens is 2. The second-order valence-corrected chi connectivity index (χ2v) is 5.57. The van der Waals surface area contributed by atoms with Gasteiger partial charge in [-0.05, 0) is 62.2 Å². The first kappa shape index (κ1) is 14.4. The number of hydrogen-bond acceptors (Lipinski definition) is 1. The zero-order chi connectivity index (χ0) is 13.7. The minimum Gasteiger partial charge on any atom is -0.316 e. The molecule has 0 spiro atoms. The summed E-state index contributed by atoms with van der Waals surface area (Å²) in [5.74, 6) is -0.291. The van der Waals surface area contributed by atoms with E-state index in [-0.39, 0.29) is 0 Å². The third kappa shape index (κ3) is 3.75. The molecule has 0 aromatic heterocycles. The summed E-state index contributed by atoms with van der Waals surface area (Å²) in [7, 11) is 0. The van der Waals surface area contributed by atoms with Gasteiger partial charge in [-0.1, -0.05) is 25.5 Å². The molecule has 1 aromatic carbocycles. The molecule has 0 saturated heterocycles. The van der Waals surface area contributed by atoms with Gasteiger partial charge in [-0.15, -0.1) is 0 Å². The zero-order valence-electron chi connectivity index (χ0n) is 11.6. The first-order valence-electron chi connectivity index (χ1n) is 7.36. The van der Waals surface area contributed by atoms with Crippen molar-refractivity contribution in [2.24, 2.45) is 11.8 Å². The number of benzene rings is 1. The Balaban J connectivity index is 1.95. The molecule has 1 saturated carbocycles. The molecule has 0 aliphatic heterocycles. The Kier molecular flexibility index (Phi) is 5.32. The third-order valence-electron chi connectivity index (χ3n) is 4.16. The van der Waals surface area contributed by atoms with Gasteiger partial charge in [-0.2, -0.15) is 0 Å². The van der Waals surface area contributed by atoms with Crippen LogP contribution in [0.15, 0.2) is 18.2 Å². The van der Waals surface area contributed by atoms with Crippen LogP contribution in [0.25, 0.3) is 0 Å². The van der Waals surface area contributed by atoms with Crippen LogP contribution in [0.4, 0.5) is 8.78 Å². The number of nitrogens with one attached hydrogen (secondary N) is 1. The van der Waals surface area contributed by atoms with Crippen molar-refractivity contribution in [2.45, 2.75) is 39.0 Å². The molecule has 2 unspecified atom stereocenters. The summed E-state index contributed by atoms with van der Waals surface area (Å²) in [6, 6.07) is 4.51. The predicted octanol–water partition coefficient (Wildman–Crippen LogP) is 3.92. The van der Waals surface area contributed by atoms with Gasteiger partial charge in [0.1, 0.15) is 0 Å². The summed E-state index contributed by atoms with van der Waals surface area (Å²) in [5.41, 5.74) is 0.535. The molecular formula is C16H23F2N. The van der Waals surface area contributed by atoms with Crippen LogP contribution in [0.5, 0.6) is 0 Å². The molecule has 1 nitrogen and oxygen atoms in total. The largest absolute Gasteiger partial charge is 0.316 e. The Morgan fingerprint density at radius 3 is 2.79 bits per heavy atom. The lowest BCUT2D eigenvalue weighted by atomic mass is 9.89. The van der Waals surface area contributed by atoms with Gasteiger partial charge in [0.25, 0.3) is 0 Å². The van der Waals surface area contributed by atoms with Gasteiger partial charge >= 0.3 is 0 Å². The lowest BCUT2D eigenvalue weighted by molar-refractivity contribution is 0.359. The summed E-state index contributed by atoms with van der Waals surface area (Å²) >= 11 is 0. The molecule has 106 valence electrons. The van der Waals surface area contributed by atoms with Gasteiger partial charge in [-0.25, -0.2) is 8.78 Å². The topological polar surface area (TPSA) is 12.0 Å². The molecule has 1 aliphatic carbocycles. The van der Waals surface area contributed by atoms with E-state index < -0.39 is 11.6 Å². The van der Waals surface area contributed by atoms with E-state index >= 15 is 0 Å². The first-order chi connectivity index (χ1) is 9.22. The van der Waals surface area contributed by atoms with E-state index in [4.69, 9.17) is 0 Å². The van der Waals surface area contributed by atoms with Crippen LogP contribution in [0.3, 0.4) is 0 Å². The summed E-state index contributed by atoms with van der Waals surface area (Å²) < 4.78 is 26.9. The quantitative estimate of drug-likeness (QED) is 0.770. The van der Waals surface area contributed by atoms with Crippen LogP contribution in [0.1, 0.15) is 38.2 Å². The Morgan fingerprint density at radius 2 is 2.00 bits per heavy atom. The fourth-order valence-corrected chi connectivity index (χ4v) is 3.10. The maximum absolute atomic E-state index is 13.7. The van der Waals surface area contributed by atoms with Crippen molar-refractivity contribution in [1.82, 2.24) is 5.32 Å². The first-order valence-corrected chi connectivity index (χ1v) is 7.36. The van der Waals surface area contributed by atoms with Crippen molar-refractivity contribution in [3.05, 3.63) is 35.4 Å². The van der Waals surface area contributed by atoms with Gasteiger partial charge in [0, 0.05) is 0 Å². The van der Waals surface area contributed by atoms with Crippen molar-refractivity contribution in [1.29, 1.82) is 0 Å². The molecule has 3 heteroatoms. The van der Waals surface area contributed by atoms with Crippen molar-refractivity contribution in [3.8, 4) is 0 Å². The van der Waals surface area contributed by atoms with E-state index in [1.54, 1.807) is 12.1 Å². The average molecular weight is 267 g/mol. The van der Waals surface area contributed by atoms with Gasteiger partial charge < -0.3 is 5.32 Å². The Labute approximate surface area is 114 Å². The van der Waals surface area contributed by atoms with Crippen LogP contribution in [0.2, 0.25) is 0 Å². The zero-order valence-corrected chi connectivity index (χ0v) is 11.6. The molecule has 0 radical (unpaired) electrons. The maximum atomic E-state index is 13.7. The fourth-order valence-electron chi connectivity index (χ4n) is 3.10. The highest BCUT2D eigenvalue weighted by Crippen LogP contribution is 2.34. The molecule has 0 amide bonds. The van der Waals surface area contributed by atoms with Crippen molar-refractivity contribution in [3.63, 3.8) is 0 Å². The standard InChI is InChI=1S/C16H23F2N/c1-2-9-19-11-14-7-3-5-12(14)10-13-6-4-8-15(17)16(13)18/h4,6,8,12,14,19H,2-3,5,7,9-11H2,1H3. The molecule has 1 fully saturated rings. The summed E-state index contributed by atoms with van der Waals surface area (Å²) in [6.45, 7) is 4.20. The minimum atomic E-state index is -0.726. The molecule has 1 aromatic rings. The molecule has 2 atom stereocenters. The normalized spacial score (nSPS) is 22.9. The van der Waals surface area contributed by atoms with Gasteiger partial charge in [0.15, 0.2) is 11.6 Å². The molecule has 0 heterocycles. The van der Waals surface area contributed by atoms with Crippen LogP contribution in [-0.2, 0) is 6.42 Å². The Morgan fingerprint density at radius 1 is 1.21 bits per heavy atom. The number of hydrogen-bond donors (Lipinski definition) is 1. The maximum Gasteiger partial charge on any atom is 0.162 e. The van der Waals surface area contributed by atoms with E-state index in [0.717, 1.165) is 25.9 Å². The van der Waals surface area contributed by atoms with E-state index in [1.807, 2.05) is 0 Å². The van der Waals surface area contributed by atoms with Crippen LogP contribution >= 0.6 is 0 Å². The fraction of sp³-hybridized carbons (Fsp3) is 0.625. The Hall–Kier alpha value is -0.960. The summed E-state index contributed by atoms with van der Waals surface area (Å²) in [4.78, 5) is 0. The van der Waals surface area contributed by atoms with E-state index in [2.05, 4.69) is 12.2 Å². The highest BCUT2D eigenvalue weighted by molar-refractivity contribution is 5.19. The Bertz CT molecular complexity index is 406. The lowest BCUT2D eigenvalue weighted by Crippen LogP contribution is -2.27. The van der Waals surface area contributed by atoms with Crippen LogP contribution in [0, 0.1) is 23.5 Å². The summed E-state index contributed by atoms with van der Waals surface area (Å²) in [6.07, 6.45) is 5.35. The van der Waals surface area contributed by atoms with Gasteiger partial charge in [0.2, 0.25) is 0 Å². The van der Waals surface area contributed by atoms with Crippen LogP contribution in [-0.4, -0.2) is 13.1 Å². The summed E-state index contributed by atoms with van der Waals surface area (Å²) in [5, 5.41) is 3.45.